The van der Waals surface area contributed by atoms with E-state index in [1.807, 2.05) is 0 Å². The van der Waals surface area contributed by atoms with Gasteiger partial charge in [-0.25, -0.2) is 28.6 Å². The standard InChI is InChI=1S/C17H27FN2O6/c1-9(2)10-12(21)20(11(18)13(22)25-16(3,4)5)14(23)19(10)15(24)26-17(6,7)8/h9-11H,1-8H3. The van der Waals surface area contributed by atoms with Gasteiger partial charge in [0.05, 0.1) is 0 Å². The number of hydrogen-bond acceptors (Lipinski definition) is 6. The zero-order valence-electron chi connectivity index (χ0n) is 16.5. The lowest BCUT2D eigenvalue weighted by atomic mass is 10.0. The number of hydrogen-bond donors (Lipinski definition) is 0. The maximum absolute atomic E-state index is 14.6. The molecule has 1 heterocycles. The summed E-state index contributed by atoms with van der Waals surface area (Å²) in [7, 11) is 0. The lowest BCUT2D eigenvalue weighted by Crippen LogP contribution is -2.47. The molecule has 2 atom stereocenters. The Morgan fingerprint density at radius 1 is 1.00 bits per heavy atom. The largest absolute Gasteiger partial charge is 0.456 e. The van der Waals surface area contributed by atoms with Gasteiger partial charge in [-0.1, -0.05) is 13.8 Å². The number of rotatable bonds is 3. The highest BCUT2D eigenvalue weighted by Crippen LogP contribution is 2.28. The van der Waals surface area contributed by atoms with Crippen molar-refractivity contribution in [3.63, 3.8) is 0 Å². The number of amides is 4. The number of imide groups is 2. The van der Waals surface area contributed by atoms with E-state index in [9.17, 15) is 23.6 Å². The van der Waals surface area contributed by atoms with Gasteiger partial charge in [0.1, 0.15) is 17.2 Å². The first-order valence-electron chi connectivity index (χ1n) is 8.33. The number of nitrogens with zero attached hydrogens (tertiary/aromatic N) is 2. The molecular formula is C17H27FN2O6. The smallest absolute Gasteiger partial charge is 0.419 e. The summed E-state index contributed by atoms with van der Waals surface area (Å²) in [5.74, 6) is -2.88. The molecule has 9 heteroatoms. The van der Waals surface area contributed by atoms with Crippen LogP contribution in [0, 0.1) is 5.92 Å². The number of esters is 1. The average molecular weight is 374 g/mol. The van der Waals surface area contributed by atoms with Gasteiger partial charge in [-0.3, -0.25) is 4.79 Å². The van der Waals surface area contributed by atoms with Crippen LogP contribution < -0.4 is 0 Å². The summed E-state index contributed by atoms with van der Waals surface area (Å²) < 4.78 is 24.6. The molecule has 26 heavy (non-hydrogen) atoms. The van der Waals surface area contributed by atoms with Crippen LogP contribution in [-0.2, 0) is 19.1 Å². The zero-order valence-corrected chi connectivity index (χ0v) is 16.5. The summed E-state index contributed by atoms with van der Waals surface area (Å²) >= 11 is 0. The molecule has 148 valence electrons. The van der Waals surface area contributed by atoms with Gasteiger partial charge in [0.2, 0.25) is 0 Å². The number of ether oxygens (including phenoxy) is 2. The minimum Gasteiger partial charge on any atom is -0.456 e. The van der Waals surface area contributed by atoms with Gasteiger partial charge in [0.15, 0.2) is 0 Å². The normalized spacial score (nSPS) is 19.8. The molecular weight excluding hydrogens is 347 g/mol. The predicted molar refractivity (Wildman–Crippen MR) is 89.7 cm³/mol. The summed E-state index contributed by atoms with van der Waals surface area (Å²) in [4.78, 5) is 50.1. The molecule has 1 rings (SSSR count). The van der Waals surface area contributed by atoms with E-state index >= 15 is 0 Å². The maximum atomic E-state index is 14.6. The van der Waals surface area contributed by atoms with Gasteiger partial charge >= 0.3 is 18.1 Å². The fourth-order valence-corrected chi connectivity index (χ4v) is 2.33. The molecule has 1 aliphatic heterocycles. The monoisotopic (exact) mass is 374 g/mol. The fraction of sp³-hybridized carbons (Fsp3) is 0.765. The summed E-state index contributed by atoms with van der Waals surface area (Å²) in [5, 5.41) is 0. The number of alkyl halides is 1. The Morgan fingerprint density at radius 2 is 1.46 bits per heavy atom. The van der Waals surface area contributed by atoms with Crippen LogP contribution in [0.3, 0.4) is 0 Å². The van der Waals surface area contributed by atoms with Crippen molar-refractivity contribution in [3.05, 3.63) is 0 Å². The molecule has 0 aromatic rings. The first-order valence-corrected chi connectivity index (χ1v) is 8.33. The number of halogens is 1. The van der Waals surface area contributed by atoms with Crippen molar-refractivity contribution in [2.24, 2.45) is 5.92 Å². The van der Waals surface area contributed by atoms with Gasteiger partial charge in [0.25, 0.3) is 12.2 Å². The molecule has 0 bridgehead atoms. The molecule has 0 saturated carbocycles. The van der Waals surface area contributed by atoms with Gasteiger partial charge in [-0.05, 0) is 47.5 Å². The molecule has 0 N–H and O–H groups in total. The van der Waals surface area contributed by atoms with Crippen molar-refractivity contribution < 1.29 is 33.0 Å². The van der Waals surface area contributed by atoms with Crippen molar-refractivity contribution in [1.29, 1.82) is 0 Å². The maximum Gasteiger partial charge on any atom is 0.419 e. The highest BCUT2D eigenvalue weighted by Gasteiger charge is 2.55. The van der Waals surface area contributed by atoms with Crippen LogP contribution in [0.2, 0.25) is 0 Å². The molecule has 0 aliphatic carbocycles. The third kappa shape index (κ3) is 4.92. The van der Waals surface area contributed by atoms with Crippen LogP contribution in [0.15, 0.2) is 0 Å². The van der Waals surface area contributed by atoms with E-state index in [1.165, 1.54) is 20.8 Å². The minimum atomic E-state index is -2.65. The Morgan fingerprint density at radius 3 is 1.85 bits per heavy atom. The number of carbonyl (C=O) groups excluding carboxylic acids is 4. The third-order valence-corrected chi connectivity index (χ3v) is 3.23. The van der Waals surface area contributed by atoms with Crippen LogP contribution in [0.4, 0.5) is 14.0 Å². The summed E-state index contributed by atoms with van der Waals surface area (Å²) in [6.45, 7) is 12.5. The molecule has 0 aromatic heterocycles. The van der Waals surface area contributed by atoms with Crippen molar-refractivity contribution >= 4 is 24.0 Å². The molecule has 8 nitrogen and oxygen atoms in total. The number of urea groups is 1. The van der Waals surface area contributed by atoms with Gasteiger partial charge in [-0.2, -0.15) is 0 Å². The lowest BCUT2D eigenvalue weighted by Gasteiger charge is -2.27. The summed E-state index contributed by atoms with van der Waals surface area (Å²) in [6.07, 6.45) is -3.73. The van der Waals surface area contributed by atoms with Crippen molar-refractivity contribution in [2.45, 2.75) is 78.9 Å². The van der Waals surface area contributed by atoms with Crippen molar-refractivity contribution in [2.75, 3.05) is 0 Å². The van der Waals surface area contributed by atoms with Gasteiger partial charge in [-0.15, -0.1) is 0 Å². The van der Waals surface area contributed by atoms with Crippen molar-refractivity contribution in [1.82, 2.24) is 9.80 Å². The quantitative estimate of drug-likeness (QED) is 0.428. The van der Waals surface area contributed by atoms with E-state index in [0.717, 1.165) is 0 Å². The topological polar surface area (TPSA) is 93.2 Å². The van der Waals surface area contributed by atoms with Crippen LogP contribution in [0.25, 0.3) is 0 Å². The highest BCUT2D eigenvalue weighted by molar-refractivity contribution is 6.12. The lowest BCUT2D eigenvalue weighted by molar-refractivity contribution is -0.169. The Balaban J connectivity index is 3.17. The Hall–Kier alpha value is -2.19. The fourth-order valence-electron chi connectivity index (χ4n) is 2.33. The number of carbonyl (C=O) groups is 4. The van der Waals surface area contributed by atoms with Crippen LogP contribution in [0.1, 0.15) is 55.4 Å². The summed E-state index contributed by atoms with van der Waals surface area (Å²) in [5.41, 5.74) is -1.93. The Kier molecular flexibility index (Phi) is 6.05. The van der Waals surface area contributed by atoms with E-state index in [1.54, 1.807) is 34.6 Å². The molecule has 0 aromatic carbocycles. The average Bonchev–Trinajstić information content (AvgIpc) is 2.65. The van der Waals surface area contributed by atoms with Crippen LogP contribution in [0.5, 0.6) is 0 Å². The Bertz CT molecular complexity index is 605. The van der Waals surface area contributed by atoms with E-state index < -0.39 is 53.5 Å². The van der Waals surface area contributed by atoms with Gasteiger partial charge in [0, 0.05) is 0 Å². The molecule has 1 aliphatic rings. The van der Waals surface area contributed by atoms with Crippen LogP contribution in [-0.4, -0.2) is 57.3 Å². The highest BCUT2D eigenvalue weighted by atomic mass is 19.1. The second-order valence-electron chi connectivity index (χ2n) is 8.40. The van der Waals surface area contributed by atoms with E-state index in [2.05, 4.69) is 0 Å². The molecule has 2 unspecified atom stereocenters. The zero-order chi connectivity index (χ0) is 20.6. The first kappa shape index (κ1) is 21.9. The molecule has 0 spiro atoms. The minimum absolute atomic E-state index is 0.114. The predicted octanol–water partition coefficient (Wildman–Crippen LogP) is 2.85. The first-order chi connectivity index (χ1) is 11.6. The van der Waals surface area contributed by atoms with Crippen molar-refractivity contribution in [3.8, 4) is 0 Å². The molecule has 1 fully saturated rings. The summed E-state index contributed by atoms with van der Waals surface area (Å²) in [6, 6.07) is -2.51. The SMILES string of the molecule is CC(C)C1C(=O)N(C(F)C(=O)OC(C)(C)C)C(=O)N1C(=O)OC(C)(C)C. The second kappa shape index (κ2) is 7.20. The molecule has 0 radical (unpaired) electrons. The van der Waals surface area contributed by atoms with E-state index in [0.29, 0.717) is 4.90 Å². The third-order valence-electron chi connectivity index (χ3n) is 3.23. The van der Waals surface area contributed by atoms with Crippen LogP contribution >= 0.6 is 0 Å². The molecule has 4 amide bonds. The van der Waals surface area contributed by atoms with E-state index in [-0.39, 0.29) is 4.90 Å². The molecule has 1 saturated heterocycles. The van der Waals surface area contributed by atoms with Gasteiger partial charge < -0.3 is 9.47 Å². The van der Waals surface area contributed by atoms with E-state index in [4.69, 9.17) is 9.47 Å². The second-order valence-corrected chi connectivity index (χ2v) is 8.40. The Labute approximate surface area is 152 Å².